The molecule has 3 rings (SSSR count). The summed E-state index contributed by atoms with van der Waals surface area (Å²) in [5, 5.41) is 0. The van der Waals surface area contributed by atoms with E-state index in [1.54, 1.807) is 0 Å². The van der Waals surface area contributed by atoms with Crippen molar-refractivity contribution in [3.8, 4) is 16.9 Å². The van der Waals surface area contributed by atoms with Crippen molar-refractivity contribution in [2.75, 3.05) is 0 Å². The maximum Gasteiger partial charge on any atom is 0.0531 e. The van der Waals surface area contributed by atoms with Crippen LogP contribution in [0.2, 0.25) is 0 Å². The lowest BCUT2D eigenvalue weighted by Crippen LogP contribution is -1.99. The Morgan fingerprint density at radius 1 is 0.800 bits per heavy atom. The van der Waals surface area contributed by atoms with Gasteiger partial charge in [0.25, 0.3) is 0 Å². The molecule has 0 atom stereocenters. The van der Waals surface area contributed by atoms with Gasteiger partial charge < -0.3 is 4.57 Å². The van der Waals surface area contributed by atoms with Gasteiger partial charge in [0.2, 0.25) is 0 Å². The summed E-state index contributed by atoms with van der Waals surface area (Å²) in [5.41, 5.74) is 6.35. The van der Waals surface area contributed by atoms with E-state index in [0.29, 0.717) is 0 Å². The Labute approximate surface area is 120 Å². The van der Waals surface area contributed by atoms with Crippen molar-refractivity contribution in [3.05, 3.63) is 78.0 Å². The van der Waals surface area contributed by atoms with E-state index in [0.717, 1.165) is 6.42 Å². The lowest BCUT2D eigenvalue weighted by Gasteiger charge is -2.12. The predicted molar refractivity (Wildman–Crippen MR) is 85.3 cm³/mol. The van der Waals surface area contributed by atoms with Gasteiger partial charge in [0.1, 0.15) is 0 Å². The van der Waals surface area contributed by atoms with Crippen LogP contribution in [0.1, 0.15) is 18.2 Å². The van der Waals surface area contributed by atoms with E-state index in [-0.39, 0.29) is 0 Å². The fraction of sp³-hybridized carbons (Fsp3) is 0.158. The van der Waals surface area contributed by atoms with E-state index in [4.69, 9.17) is 0 Å². The molecule has 0 radical (unpaired) electrons. The van der Waals surface area contributed by atoms with Crippen LogP contribution in [0.25, 0.3) is 16.9 Å². The Hall–Kier alpha value is -2.28. The van der Waals surface area contributed by atoms with Crippen LogP contribution in [0, 0.1) is 6.92 Å². The molecule has 100 valence electrons. The maximum atomic E-state index is 2.31. The molecule has 0 bridgehead atoms. The highest BCUT2D eigenvalue weighted by atomic mass is 15.0. The zero-order valence-corrected chi connectivity index (χ0v) is 12.0. The van der Waals surface area contributed by atoms with Crippen molar-refractivity contribution in [2.45, 2.75) is 20.3 Å². The molecular formula is C19H19N. The van der Waals surface area contributed by atoms with Crippen molar-refractivity contribution in [2.24, 2.45) is 0 Å². The van der Waals surface area contributed by atoms with Crippen molar-refractivity contribution in [1.29, 1.82) is 0 Å². The molecule has 0 amide bonds. The molecule has 2 aromatic carbocycles. The Kier molecular flexibility index (Phi) is 3.42. The summed E-state index contributed by atoms with van der Waals surface area (Å²) in [4.78, 5) is 0. The largest absolute Gasteiger partial charge is 0.314 e. The third-order valence-corrected chi connectivity index (χ3v) is 3.75. The summed E-state index contributed by atoms with van der Waals surface area (Å²) < 4.78 is 2.31. The number of rotatable bonds is 3. The summed E-state index contributed by atoms with van der Waals surface area (Å²) in [5.74, 6) is 0. The van der Waals surface area contributed by atoms with Gasteiger partial charge in [-0.3, -0.25) is 0 Å². The number of benzene rings is 2. The summed E-state index contributed by atoms with van der Waals surface area (Å²) in [6, 6.07) is 23.7. The van der Waals surface area contributed by atoms with Crippen molar-refractivity contribution in [3.63, 3.8) is 0 Å². The van der Waals surface area contributed by atoms with Crippen LogP contribution in [0.15, 0.2) is 66.7 Å². The lowest BCUT2D eigenvalue weighted by atomic mass is 10.1. The quantitative estimate of drug-likeness (QED) is 0.624. The monoisotopic (exact) mass is 261 g/mol. The third kappa shape index (κ3) is 2.27. The summed E-state index contributed by atoms with van der Waals surface area (Å²) in [7, 11) is 0. The zero-order valence-electron chi connectivity index (χ0n) is 12.0. The second kappa shape index (κ2) is 5.38. The van der Waals surface area contributed by atoms with Gasteiger partial charge in [-0.1, -0.05) is 49.4 Å². The average Bonchev–Trinajstić information content (AvgIpc) is 2.90. The molecular weight excluding hydrogens is 242 g/mol. The van der Waals surface area contributed by atoms with Gasteiger partial charge in [0, 0.05) is 11.4 Å². The number of aryl methyl sites for hydroxylation is 2. The second-order valence-corrected chi connectivity index (χ2v) is 5.08. The molecule has 3 aromatic rings. The first-order chi connectivity index (χ1) is 9.79. The van der Waals surface area contributed by atoms with Crippen LogP contribution in [-0.2, 0) is 6.42 Å². The molecule has 0 spiro atoms. The van der Waals surface area contributed by atoms with Crippen molar-refractivity contribution >= 4 is 0 Å². The molecule has 1 nitrogen and oxygen atoms in total. The minimum absolute atomic E-state index is 1.08. The first kappa shape index (κ1) is 12.7. The molecule has 0 unspecified atom stereocenters. The van der Waals surface area contributed by atoms with E-state index in [1.807, 2.05) is 0 Å². The minimum atomic E-state index is 1.08. The number of hydrogen-bond acceptors (Lipinski definition) is 0. The lowest BCUT2D eigenvalue weighted by molar-refractivity contribution is 1.02. The van der Waals surface area contributed by atoms with Gasteiger partial charge in [0.15, 0.2) is 0 Å². The molecule has 1 aromatic heterocycles. The predicted octanol–water partition coefficient (Wildman–Crippen LogP) is 5.02. The van der Waals surface area contributed by atoms with Crippen LogP contribution in [0.5, 0.6) is 0 Å². The van der Waals surface area contributed by atoms with Crippen LogP contribution < -0.4 is 0 Å². The van der Waals surface area contributed by atoms with Crippen molar-refractivity contribution in [1.82, 2.24) is 4.57 Å². The smallest absolute Gasteiger partial charge is 0.0531 e. The maximum absolute atomic E-state index is 2.31. The highest BCUT2D eigenvalue weighted by Gasteiger charge is 2.08. The topological polar surface area (TPSA) is 4.93 Å². The number of hydrogen-bond donors (Lipinski definition) is 0. The summed E-state index contributed by atoms with van der Waals surface area (Å²) >= 11 is 0. The van der Waals surface area contributed by atoms with Crippen LogP contribution in [-0.4, -0.2) is 4.57 Å². The molecule has 0 aliphatic carbocycles. The number of aromatic nitrogens is 1. The fourth-order valence-electron chi connectivity index (χ4n) is 2.60. The fourth-order valence-corrected chi connectivity index (χ4v) is 2.60. The second-order valence-electron chi connectivity index (χ2n) is 5.08. The van der Waals surface area contributed by atoms with Crippen LogP contribution in [0.4, 0.5) is 0 Å². The Bertz CT molecular complexity index is 690. The van der Waals surface area contributed by atoms with E-state index < -0.39 is 0 Å². The molecule has 0 saturated carbocycles. The van der Waals surface area contributed by atoms with Crippen molar-refractivity contribution < 1.29 is 0 Å². The molecule has 20 heavy (non-hydrogen) atoms. The third-order valence-electron chi connectivity index (χ3n) is 3.75. The van der Waals surface area contributed by atoms with Gasteiger partial charge in [-0.2, -0.15) is 0 Å². The average molecular weight is 261 g/mol. The molecule has 0 fully saturated rings. The van der Waals surface area contributed by atoms with Crippen LogP contribution >= 0.6 is 0 Å². The van der Waals surface area contributed by atoms with E-state index in [2.05, 4.69) is 85.1 Å². The minimum Gasteiger partial charge on any atom is -0.314 e. The molecule has 0 aliphatic heterocycles. The van der Waals surface area contributed by atoms with Crippen LogP contribution in [0.3, 0.4) is 0 Å². The Balaban J connectivity index is 2.11. The molecule has 1 heteroatoms. The van der Waals surface area contributed by atoms with E-state index in [1.165, 1.54) is 28.2 Å². The first-order valence-corrected chi connectivity index (χ1v) is 7.12. The normalized spacial score (nSPS) is 10.7. The van der Waals surface area contributed by atoms with E-state index >= 15 is 0 Å². The zero-order chi connectivity index (χ0) is 13.9. The molecule has 1 heterocycles. The number of nitrogens with zero attached hydrogens (tertiary/aromatic N) is 1. The Morgan fingerprint density at radius 2 is 1.50 bits per heavy atom. The highest BCUT2D eigenvalue weighted by Crippen LogP contribution is 2.26. The van der Waals surface area contributed by atoms with Gasteiger partial charge in [0.05, 0.1) is 5.69 Å². The van der Waals surface area contributed by atoms with Gasteiger partial charge in [-0.25, -0.2) is 0 Å². The Morgan fingerprint density at radius 3 is 2.15 bits per heavy atom. The molecule has 0 saturated heterocycles. The summed E-state index contributed by atoms with van der Waals surface area (Å²) in [6.07, 6.45) is 1.08. The summed E-state index contributed by atoms with van der Waals surface area (Å²) in [6.45, 7) is 4.34. The standard InChI is InChI=1S/C19H19N/c1-3-16-10-12-18(13-11-16)20-15(2)9-14-19(20)17-7-5-4-6-8-17/h4-14H,3H2,1-2H3. The van der Waals surface area contributed by atoms with E-state index in [9.17, 15) is 0 Å². The SMILES string of the molecule is CCc1ccc(-n2c(C)ccc2-c2ccccc2)cc1. The molecule has 0 aliphatic rings. The van der Waals surface area contributed by atoms with Gasteiger partial charge in [-0.15, -0.1) is 0 Å². The molecule has 0 N–H and O–H groups in total. The van der Waals surface area contributed by atoms with Gasteiger partial charge >= 0.3 is 0 Å². The highest BCUT2D eigenvalue weighted by molar-refractivity contribution is 5.64. The van der Waals surface area contributed by atoms with Gasteiger partial charge in [-0.05, 0) is 48.7 Å². The first-order valence-electron chi connectivity index (χ1n) is 7.12.